The minimum absolute atomic E-state index is 0.260. The van der Waals surface area contributed by atoms with Gasteiger partial charge in [-0.15, -0.1) is 0 Å². The molecule has 0 radical (unpaired) electrons. The van der Waals surface area contributed by atoms with Gasteiger partial charge in [0.2, 0.25) is 5.91 Å². The van der Waals surface area contributed by atoms with E-state index in [9.17, 15) is 9.18 Å². The third-order valence-corrected chi connectivity index (χ3v) is 2.70. The largest absolute Gasteiger partial charge is 0.368 e. The highest BCUT2D eigenvalue weighted by Gasteiger charge is 2.20. The molecule has 1 amide bonds. The lowest BCUT2D eigenvalue weighted by atomic mass is 9.95. The van der Waals surface area contributed by atoms with Crippen LogP contribution in [0.5, 0.6) is 0 Å². The molecule has 0 bridgehead atoms. The number of hydrogen-bond donors (Lipinski definition) is 2. The normalized spacial score (nSPS) is 20.3. The number of benzene rings is 1. The molecule has 0 saturated carbocycles. The number of carbonyl (C=O) groups excluding carboxylic acids is 1. The fourth-order valence-corrected chi connectivity index (χ4v) is 1.80. The summed E-state index contributed by atoms with van der Waals surface area (Å²) >= 11 is 0. The fraction of sp³-hybridized carbons (Fsp3) is 0.250. The highest BCUT2D eigenvalue weighted by molar-refractivity contribution is 5.83. The minimum atomic E-state index is -0.354. The van der Waals surface area contributed by atoms with Crippen molar-refractivity contribution in [3.8, 4) is 0 Å². The quantitative estimate of drug-likeness (QED) is 0.783. The van der Waals surface area contributed by atoms with Crippen LogP contribution in [0.4, 0.5) is 4.39 Å². The Morgan fingerprint density at radius 3 is 2.69 bits per heavy atom. The first-order chi connectivity index (χ1) is 7.66. The van der Waals surface area contributed by atoms with Crippen molar-refractivity contribution in [3.63, 3.8) is 0 Å². The molecule has 1 aliphatic rings. The Kier molecular flexibility index (Phi) is 3.01. The topological polar surface area (TPSA) is 55.1 Å². The summed E-state index contributed by atoms with van der Waals surface area (Å²) in [6.45, 7) is 0.611. The number of halogens is 1. The van der Waals surface area contributed by atoms with Crippen LogP contribution in [0.25, 0.3) is 5.57 Å². The van der Waals surface area contributed by atoms with E-state index in [1.54, 1.807) is 12.1 Å². The van der Waals surface area contributed by atoms with E-state index in [2.05, 4.69) is 5.32 Å². The summed E-state index contributed by atoms with van der Waals surface area (Å²) in [6.07, 6.45) is 2.55. The third-order valence-electron chi connectivity index (χ3n) is 2.70. The van der Waals surface area contributed by atoms with Gasteiger partial charge in [0.25, 0.3) is 0 Å². The molecular formula is C12H13FN2O. The molecular weight excluding hydrogens is 207 g/mol. The first-order valence-corrected chi connectivity index (χ1v) is 5.14. The molecule has 1 unspecified atom stereocenters. The van der Waals surface area contributed by atoms with Gasteiger partial charge in [-0.3, -0.25) is 4.79 Å². The van der Waals surface area contributed by atoms with Crippen LogP contribution in [0.2, 0.25) is 0 Å². The van der Waals surface area contributed by atoms with Crippen LogP contribution >= 0.6 is 0 Å². The highest BCUT2D eigenvalue weighted by atomic mass is 19.1. The van der Waals surface area contributed by atoms with Gasteiger partial charge in [-0.1, -0.05) is 18.2 Å². The molecule has 1 aromatic carbocycles. The average molecular weight is 220 g/mol. The Morgan fingerprint density at radius 2 is 2.06 bits per heavy atom. The molecule has 16 heavy (non-hydrogen) atoms. The van der Waals surface area contributed by atoms with Crippen LogP contribution in [0.1, 0.15) is 12.0 Å². The van der Waals surface area contributed by atoms with Gasteiger partial charge < -0.3 is 11.1 Å². The zero-order valence-corrected chi connectivity index (χ0v) is 8.74. The average Bonchev–Trinajstić information content (AvgIpc) is 2.30. The maximum atomic E-state index is 12.8. The molecule has 4 heteroatoms. The van der Waals surface area contributed by atoms with Gasteiger partial charge in [0.05, 0.1) is 6.04 Å². The molecule has 3 nitrogen and oxygen atoms in total. The maximum absolute atomic E-state index is 12.8. The third kappa shape index (κ3) is 2.28. The van der Waals surface area contributed by atoms with Gasteiger partial charge in [0, 0.05) is 6.54 Å². The summed E-state index contributed by atoms with van der Waals surface area (Å²) in [5.74, 6) is -0.613. The molecule has 1 aromatic rings. The Balaban J connectivity index is 2.18. The summed E-state index contributed by atoms with van der Waals surface area (Å²) in [7, 11) is 0. The molecule has 0 spiro atoms. The van der Waals surface area contributed by atoms with E-state index in [0.717, 1.165) is 11.1 Å². The molecule has 0 aromatic heterocycles. The molecule has 1 atom stereocenters. The van der Waals surface area contributed by atoms with E-state index >= 15 is 0 Å². The van der Waals surface area contributed by atoms with Gasteiger partial charge in [0.1, 0.15) is 5.82 Å². The Bertz CT molecular complexity index is 425. The number of nitrogens with two attached hydrogens (primary N) is 1. The monoisotopic (exact) mass is 220 g/mol. The van der Waals surface area contributed by atoms with Crippen LogP contribution in [-0.2, 0) is 4.79 Å². The standard InChI is InChI=1S/C12H13FN2O/c13-10-3-1-8(2-4-10)9-5-6-15-11(7-9)12(14)16/h1-5,11,15H,6-7H2,(H2,14,16). The van der Waals surface area contributed by atoms with Crippen LogP contribution in [-0.4, -0.2) is 18.5 Å². The highest BCUT2D eigenvalue weighted by Crippen LogP contribution is 2.22. The van der Waals surface area contributed by atoms with Crippen molar-refractivity contribution in [2.75, 3.05) is 6.54 Å². The fourth-order valence-electron chi connectivity index (χ4n) is 1.80. The second-order valence-corrected chi connectivity index (χ2v) is 3.80. The van der Waals surface area contributed by atoms with Gasteiger partial charge >= 0.3 is 0 Å². The van der Waals surface area contributed by atoms with Gasteiger partial charge in [-0.05, 0) is 29.7 Å². The number of primary amides is 1. The van der Waals surface area contributed by atoms with Crippen LogP contribution in [0.15, 0.2) is 30.3 Å². The van der Waals surface area contributed by atoms with E-state index in [1.807, 2.05) is 6.08 Å². The zero-order chi connectivity index (χ0) is 11.5. The second-order valence-electron chi connectivity index (χ2n) is 3.80. The van der Waals surface area contributed by atoms with E-state index < -0.39 is 0 Å². The summed E-state index contributed by atoms with van der Waals surface area (Å²) in [6, 6.07) is 5.93. The summed E-state index contributed by atoms with van der Waals surface area (Å²) < 4.78 is 12.8. The number of amides is 1. The molecule has 0 fully saturated rings. The van der Waals surface area contributed by atoms with Crippen molar-refractivity contribution in [1.82, 2.24) is 5.32 Å². The number of rotatable bonds is 2. The number of carbonyl (C=O) groups is 1. The lowest BCUT2D eigenvalue weighted by Gasteiger charge is -2.21. The molecule has 0 aliphatic carbocycles. The van der Waals surface area contributed by atoms with Gasteiger partial charge in [-0.2, -0.15) is 0 Å². The van der Waals surface area contributed by atoms with Crippen LogP contribution < -0.4 is 11.1 Å². The van der Waals surface area contributed by atoms with E-state index in [4.69, 9.17) is 5.73 Å². The molecule has 0 saturated heterocycles. The second kappa shape index (κ2) is 4.45. The van der Waals surface area contributed by atoms with Crippen molar-refractivity contribution in [2.45, 2.75) is 12.5 Å². The van der Waals surface area contributed by atoms with E-state index in [-0.39, 0.29) is 17.8 Å². The first kappa shape index (κ1) is 10.8. The predicted octanol–water partition coefficient (Wildman–Crippen LogP) is 1.06. The molecule has 1 heterocycles. The van der Waals surface area contributed by atoms with Gasteiger partial charge in [0.15, 0.2) is 0 Å². The summed E-state index contributed by atoms with van der Waals surface area (Å²) in [4.78, 5) is 11.1. The number of nitrogens with one attached hydrogen (secondary N) is 1. The lowest BCUT2D eigenvalue weighted by Crippen LogP contribution is -2.43. The van der Waals surface area contributed by atoms with E-state index in [1.165, 1.54) is 12.1 Å². The molecule has 1 aliphatic heterocycles. The van der Waals surface area contributed by atoms with Gasteiger partial charge in [-0.25, -0.2) is 4.39 Å². The Morgan fingerprint density at radius 1 is 1.38 bits per heavy atom. The van der Waals surface area contributed by atoms with Crippen molar-refractivity contribution in [2.24, 2.45) is 5.73 Å². The van der Waals surface area contributed by atoms with E-state index in [0.29, 0.717) is 13.0 Å². The summed E-state index contributed by atoms with van der Waals surface area (Å²) in [5.41, 5.74) is 7.21. The number of hydrogen-bond acceptors (Lipinski definition) is 2. The zero-order valence-electron chi connectivity index (χ0n) is 8.74. The Labute approximate surface area is 93.1 Å². The molecule has 84 valence electrons. The van der Waals surface area contributed by atoms with Crippen LogP contribution in [0, 0.1) is 5.82 Å². The summed E-state index contributed by atoms with van der Waals surface area (Å²) in [5, 5.41) is 3.00. The van der Waals surface area contributed by atoms with Crippen molar-refractivity contribution in [3.05, 3.63) is 41.7 Å². The van der Waals surface area contributed by atoms with Crippen LogP contribution in [0.3, 0.4) is 0 Å². The Hall–Kier alpha value is -1.68. The smallest absolute Gasteiger partial charge is 0.234 e. The molecule has 2 rings (SSSR count). The predicted molar refractivity (Wildman–Crippen MR) is 60.0 cm³/mol. The van der Waals surface area contributed by atoms with Crippen molar-refractivity contribution >= 4 is 11.5 Å². The molecule has 3 N–H and O–H groups in total. The first-order valence-electron chi connectivity index (χ1n) is 5.14. The van der Waals surface area contributed by atoms with Crippen molar-refractivity contribution in [1.29, 1.82) is 0 Å². The van der Waals surface area contributed by atoms with Crippen molar-refractivity contribution < 1.29 is 9.18 Å². The SMILES string of the molecule is NC(=O)C1CC(c2ccc(F)cc2)=CCN1. The minimum Gasteiger partial charge on any atom is -0.368 e. The maximum Gasteiger partial charge on any atom is 0.234 e. The lowest BCUT2D eigenvalue weighted by molar-refractivity contribution is -0.119.